The van der Waals surface area contributed by atoms with E-state index in [1.165, 1.54) is 18.3 Å². The largest absolute Gasteiger partial charge is 0.507 e. The number of nitrogens with zero attached hydrogens (tertiary/aromatic N) is 1. The zero-order chi connectivity index (χ0) is 22.0. The monoisotopic (exact) mass is 419 g/mol. The van der Waals surface area contributed by atoms with Crippen molar-refractivity contribution in [1.29, 1.82) is 0 Å². The standard InChI is InChI=1S/C24H21NO6/c1-3-30-18-10-5-8-16(14-18)25-21(19-11-6-12-31-19)20(23(27)24(25)28)22(26)15-7-4-9-17(13-15)29-2/h4-14,21,26H,3H2,1-2H3/b22-20-. The van der Waals surface area contributed by atoms with Gasteiger partial charge in [0, 0.05) is 17.3 Å². The van der Waals surface area contributed by atoms with Crippen LogP contribution in [0.5, 0.6) is 11.5 Å². The van der Waals surface area contributed by atoms with E-state index in [1.807, 2.05) is 6.92 Å². The number of hydrogen-bond acceptors (Lipinski definition) is 6. The van der Waals surface area contributed by atoms with Crippen molar-refractivity contribution in [3.8, 4) is 11.5 Å². The molecule has 0 radical (unpaired) electrons. The van der Waals surface area contributed by atoms with Gasteiger partial charge in [0.1, 0.15) is 29.1 Å². The Morgan fingerprint density at radius 2 is 1.84 bits per heavy atom. The quantitative estimate of drug-likeness (QED) is 0.364. The third-order valence-corrected chi connectivity index (χ3v) is 5.01. The van der Waals surface area contributed by atoms with E-state index in [2.05, 4.69) is 0 Å². The summed E-state index contributed by atoms with van der Waals surface area (Å²) in [7, 11) is 1.51. The molecule has 1 N–H and O–H groups in total. The van der Waals surface area contributed by atoms with Crippen molar-refractivity contribution >= 4 is 23.1 Å². The number of aliphatic hydroxyl groups excluding tert-OH is 1. The Hall–Kier alpha value is -4.00. The third-order valence-electron chi connectivity index (χ3n) is 5.01. The van der Waals surface area contributed by atoms with E-state index >= 15 is 0 Å². The molecule has 1 fully saturated rings. The van der Waals surface area contributed by atoms with E-state index in [9.17, 15) is 14.7 Å². The molecule has 3 aromatic rings. The fourth-order valence-corrected chi connectivity index (χ4v) is 3.63. The number of benzene rings is 2. The molecule has 31 heavy (non-hydrogen) atoms. The molecular formula is C24H21NO6. The van der Waals surface area contributed by atoms with Crippen molar-refractivity contribution in [2.75, 3.05) is 18.6 Å². The van der Waals surface area contributed by atoms with Crippen molar-refractivity contribution in [1.82, 2.24) is 0 Å². The lowest BCUT2D eigenvalue weighted by molar-refractivity contribution is -0.132. The summed E-state index contributed by atoms with van der Waals surface area (Å²) >= 11 is 0. The van der Waals surface area contributed by atoms with Gasteiger partial charge < -0.3 is 19.0 Å². The summed E-state index contributed by atoms with van der Waals surface area (Å²) in [6, 6.07) is 15.9. The fraction of sp³-hybridized carbons (Fsp3) is 0.167. The Morgan fingerprint density at radius 1 is 1.06 bits per heavy atom. The number of methoxy groups -OCH3 is 1. The van der Waals surface area contributed by atoms with Gasteiger partial charge in [-0.15, -0.1) is 0 Å². The van der Waals surface area contributed by atoms with Crippen molar-refractivity contribution in [3.63, 3.8) is 0 Å². The molecule has 0 saturated carbocycles. The Kier molecular flexibility index (Phi) is 5.49. The molecule has 1 aromatic heterocycles. The van der Waals surface area contributed by atoms with Crippen LogP contribution in [0.25, 0.3) is 5.76 Å². The molecule has 1 atom stereocenters. The lowest BCUT2D eigenvalue weighted by Crippen LogP contribution is -2.29. The number of aliphatic hydroxyl groups is 1. The van der Waals surface area contributed by atoms with Crippen molar-refractivity contribution in [3.05, 3.63) is 83.8 Å². The number of furan rings is 1. The molecule has 1 aliphatic rings. The normalized spacial score (nSPS) is 17.7. The Balaban J connectivity index is 1.89. The van der Waals surface area contributed by atoms with Gasteiger partial charge in [0.05, 0.1) is 25.6 Å². The van der Waals surface area contributed by atoms with Gasteiger partial charge in [0.25, 0.3) is 11.7 Å². The second-order valence-electron chi connectivity index (χ2n) is 6.85. The minimum Gasteiger partial charge on any atom is -0.507 e. The first kappa shape index (κ1) is 20.3. The predicted octanol–water partition coefficient (Wildman–Crippen LogP) is 4.31. The number of amides is 1. The number of hydrogen-bond donors (Lipinski definition) is 1. The summed E-state index contributed by atoms with van der Waals surface area (Å²) in [5.74, 6) is -0.444. The molecular weight excluding hydrogens is 398 g/mol. The number of carbonyl (C=O) groups is 2. The number of rotatable bonds is 6. The highest BCUT2D eigenvalue weighted by Crippen LogP contribution is 2.43. The second-order valence-corrected chi connectivity index (χ2v) is 6.85. The SMILES string of the molecule is CCOc1cccc(N2C(=O)C(=O)/C(=C(\O)c3cccc(OC)c3)C2c2ccco2)c1. The Bertz CT molecular complexity index is 1150. The van der Waals surface area contributed by atoms with E-state index in [4.69, 9.17) is 13.9 Å². The van der Waals surface area contributed by atoms with Crippen LogP contribution in [0.2, 0.25) is 0 Å². The maximum Gasteiger partial charge on any atom is 0.300 e. The zero-order valence-electron chi connectivity index (χ0n) is 17.1. The summed E-state index contributed by atoms with van der Waals surface area (Å²) < 4.78 is 16.3. The highest BCUT2D eigenvalue weighted by atomic mass is 16.5. The van der Waals surface area contributed by atoms with Crippen LogP contribution in [0.4, 0.5) is 5.69 Å². The lowest BCUT2D eigenvalue weighted by atomic mass is 9.99. The third kappa shape index (κ3) is 3.66. The van der Waals surface area contributed by atoms with Crippen LogP contribution in [0.3, 0.4) is 0 Å². The minimum atomic E-state index is -0.932. The highest BCUT2D eigenvalue weighted by Gasteiger charge is 2.48. The average Bonchev–Trinajstić information content (AvgIpc) is 3.41. The van der Waals surface area contributed by atoms with Gasteiger partial charge in [0.15, 0.2) is 0 Å². The van der Waals surface area contributed by atoms with Gasteiger partial charge in [-0.2, -0.15) is 0 Å². The van der Waals surface area contributed by atoms with Crippen LogP contribution >= 0.6 is 0 Å². The number of anilines is 1. The second kappa shape index (κ2) is 8.39. The molecule has 158 valence electrons. The van der Waals surface area contributed by atoms with Crippen LogP contribution in [0, 0.1) is 0 Å². The molecule has 2 heterocycles. The van der Waals surface area contributed by atoms with Gasteiger partial charge in [-0.1, -0.05) is 18.2 Å². The van der Waals surface area contributed by atoms with Gasteiger partial charge in [-0.05, 0) is 43.3 Å². The summed E-state index contributed by atoms with van der Waals surface area (Å²) in [5.41, 5.74) is 0.756. The first-order valence-corrected chi connectivity index (χ1v) is 9.76. The molecule has 1 amide bonds. The van der Waals surface area contributed by atoms with Crippen LogP contribution in [0.15, 0.2) is 76.9 Å². The summed E-state index contributed by atoms with van der Waals surface area (Å²) in [5, 5.41) is 11.1. The van der Waals surface area contributed by atoms with Gasteiger partial charge >= 0.3 is 0 Å². The topological polar surface area (TPSA) is 89.2 Å². The molecule has 2 aromatic carbocycles. The minimum absolute atomic E-state index is 0.0602. The number of ketones is 1. The summed E-state index contributed by atoms with van der Waals surface area (Å²) in [4.78, 5) is 27.4. The number of carbonyl (C=O) groups excluding carboxylic acids is 2. The molecule has 7 heteroatoms. The first-order chi connectivity index (χ1) is 15.0. The lowest BCUT2D eigenvalue weighted by Gasteiger charge is -2.23. The smallest absolute Gasteiger partial charge is 0.300 e. The van der Waals surface area contributed by atoms with E-state index in [1.54, 1.807) is 60.7 Å². The molecule has 1 aliphatic heterocycles. The van der Waals surface area contributed by atoms with Crippen LogP contribution in [-0.4, -0.2) is 30.5 Å². The molecule has 7 nitrogen and oxygen atoms in total. The first-order valence-electron chi connectivity index (χ1n) is 9.76. The fourth-order valence-electron chi connectivity index (χ4n) is 3.63. The highest BCUT2D eigenvalue weighted by molar-refractivity contribution is 6.51. The van der Waals surface area contributed by atoms with E-state index in [0.29, 0.717) is 35.1 Å². The van der Waals surface area contributed by atoms with Crippen LogP contribution < -0.4 is 14.4 Å². The Morgan fingerprint density at radius 3 is 2.55 bits per heavy atom. The van der Waals surface area contributed by atoms with Crippen molar-refractivity contribution in [2.45, 2.75) is 13.0 Å². The molecule has 0 bridgehead atoms. The Labute approximate surface area is 179 Å². The number of ether oxygens (including phenoxy) is 2. The van der Waals surface area contributed by atoms with Crippen molar-refractivity contribution in [2.24, 2.45) is 0 Å². The maximum atomic E-state index is 13.1. The van der Waals surface area contributed by atoms with Gasteiger partial charge in [0.2, 0.25) is 0 Å². The van der Waals surface area contributed by atoms with E-state index < -0.39 is 17.7 Å². The summed E-state index contributed by atoms with van der Waals surface area (Å²) in [6.45, 7) is 2.32. The molecule has 0 spiro atoms. The zero-order valence-corrected chi connectivity index (χ0v) is 17.1. The van der Waals surface area contributed by atoms with Gasteiger partial charge in [-0.3, -0.25) is 14.5 Å². The van der Waals surface area contributed by atoms with E-state index in [-0.39, 0.29) is 11.3 Å². The molecule has 1 saturated heterocycles. The molecule has 0 aliphatic carbocycles. The molecule has 4 rings (SSSR count). The van der Waals surface area contributed by atoms with E-state index in [0.717, 1.165) is 0 Å². The predicted molar refractivity (Wildman–Crippen MR) is 114 cm³/mol. The van der Waals surface area contributed by atoms with Gasteiger partial charge in [-0.25, -0.2) is 0 Å². The van der Waals surface area contributed by atoms with Crippen LogP contribution in [-0.2, 0) is 9.59 Å². The van der Waals surface area contributed by atoms with Crippen LogP contribution in [0.1, 0.15) is 24.3 Å². The van der Waals surface area contributed by atoms with Crippen molar-refractivity contribution < 1.29 is 28.6 Å². The number of Topliss-reactive ketones (excluding diaryl/α,β-unsaturated/α-hetero) is 1. The molecule has 1 unspecified atom stereocenters. The average molecular weight is 419 g/mol. The maximum absolute atomic E-state index is 13.1. The summed E-state index contributed by atoms with van der Waals surface area (Å²) in [6.07, 6.45) is 1.46.